The molecule has 2 nitrogen and oxygen atoms in total. The third kappa shape index (κ3) is 103. The summed E-state index contributed by atoms with van der Waals surface area (Å²) in [5, 5.41) is 2.39. The highest BCUT2D eigenvalue weighted by Crippen LogP contribution is 1.45. The molecule has 0 aliphatic heterocycles. The van der Waals surface area contributed by atoms with E-state index in [0.717, 1.165) is 0 Å². The van der Waals surface area contributed by atoms with Gasteiger partial charge in [0.15, 0.2) is 0 Å². The van der Waals surface area contributed by atoms with Crippen LogP contribution in [-0.4, -0.2) is 13.0 Å². The SMILES string of the molecule is CC.CC.CNC(C)=O. The van der Waals surface area contributed by atoms with Crippen LogP contribution >= 0.6 is 0 Å². The van der Waals surface area contributed by atoms with E-state index in [1.165, 1.54) is 6.92 Å². The lowest BCUT2D eigenvalue weighted by Crippen LogP contribution is -2.11. The van der Waals surface area contributed by atoms with E-state index in [1.54, 1.807) is 7.05 Å². The van der Waals surface area contributed by atoms with E-state index < -0.39 is 0 Å². The van der Waals surface area contributed by atoms with Crippen molar-refractivity contribution in [3.05, 3.63) is 0 Å². The van der Waals surface area contributed by atoms with Crippen molar-refractivity contribution < 1.29 is 4.79 Å². The van der Waals surface area contributed by atoms with Crippen LogP contribution in [0.15, 0.2) is 0 Å². The molecule has 1 N–H and O–H groups in total. The molecule has 0 aromatic carbocycles. The van der Waals surface area contributed by atoms with Crippen LogP contribution in [0.3, 0.4) is 0 Å². The average Bonchev–Trinajstić information content (AvgIpc) is 1.97. The highest BCUT2D eigenvalue weighted by molar-refractivity contribution is 5.72. The van der Waals surface area contributed by atoms with Crippen molar-refractivity contribution in [2.24, 2.45) is 0 Å². The Labute approximate surface area is 58.7 Å². The van der Waals surface area contributed by atoms with Gasteiger partial charge in [-0.2, -0.15) is 0 Å². The van der Waals surface area contributed by atoms with Crippen LogP contribution in [0.25, 0.3) is 0 Å². The molecule has 0 unspecified atom stereocenters. The molecule has 0 atom stereocenters. The molecule has 0 aliphatic carbocycles. The van der Waals surface area contributed by atoms with Gasteiger partial charge in [0.25, 0.3) is 0 Å². The first-order chi connectivity index (χ1) is 4.27. The fourth-order valence-electron chi connectivity index (χ4n) is 0. The Morgan fingerprint density at radius 2 is 1.22 bits per heavy atom. The van der Waals surface area contributed by atoms with Crippen molar-refractivity contribution in [2.75, 3.05) is 7.05 Å². The molecule has 9 heavy (non-hydrogen) atoms. The molecule has 0 saturated carbocycles. The summed E-state index contributed by atoms with van der Waals surface area (Å²) in [5.41, 5.74) is 0. The number of amides is 1. The summed E-state index contributed by atoms with van der Waals surface area (Å²) < 4.78 is 0. The maximum atomic E-state index is 9.70. The molecule has 0 aromatic rings. The van der Waals surface area contributed by atoms with Crippen LogP contribution < -0.4 is 5.32 Å². The predicted molar refractivity (Wildman–Crippen MR) is 42.4 cm³/mol. The van der Waals surface area contributed by atoms with Crippen molar-refractivity contribution in [2.45, 2.75) is 34.6 Å². The Morgan fingerprint density at radius 3 is 1.22 bits per heavy atom. The number of hydrogen-bond donors (Lipinski definition) is 1. The van der Waals surface area contributed by atoms with Crippen LogP contribution in [0.2, 0.25) is 0 Å². The first kappa shape index (κ1) is 15.8. The lowest BCUT2D eigenvalue weighted by Gasteiger charge is -1.80. The summed E-state index contributed by atoms with van der Waals surface area (Å²) in [5.74, 6) is 0.00463. The molecule has 0 aromatic heterocycles. The van der Waals surface area contributed by atoms with E-state index in [-0.39, 0.29) is 5.91 Å². The van der Waals surface area contributed by atoms with Crippen molar-refractivity contribution in [1.82, 2.24) is 5.32 Å². The lowest BCUT2D eigenvalue weighted by molar-refractivity contribution is -0.118. The Bertz CT molecular complexity index is 44.2. The smallest absolute Gasteiger partial charge is 0.216 e. The molecular weight excluding hydrogens is 114 g/mol. The maximum Gasteiger partial charge on any atom is 0.216 e. The zero-order chi connectivity index (χ0) is 8.28. The van der Waals surface area contributed by atoms with Crippen molar-refractivity contribution >= 4 is 5.91 Å². The first-order valence-corrected chi connectivity index (χ1v) is 3.45. The van der Waals surface area contributed by atoms with Gasteiger partial charge in [-0.1, -0.05) is 27.7 Å². The number of hydrogen-bond acceptors (Lipinski definition) is 1. The monoisotopic (exact) mass is 133 g/mol. The number of carbonyl (C=O) groups excluding carboxylic acids is 1. The van der Waals surface area contributed by atoms with Gasteiger partial charge in [0, 0.05) is 14.0 Å². The van der Waals surface area contributed by atoms with Gasteiger partial charge >= 0.3 is 0 Å². The molecule has 2 heteroatoms. The number of nitrogens with one attached hydrogen (secondary N) is 1. The second kappa shape index (κ2) is 26.0. The highest BCUT2D eigenvalue weighted by atomic mass is 16.1. The van der Waals surface area contributed by atoms with Gasteiger partial charge < -0.3 is 5.32 Å². The van der Waals surface area contributed by atoms with E-state index >= 15 is 0 Å². The number of rotatable bonds is 0. The van der Waals surface area contributed by atoms with Crippen molar-refractivity contribution in [1.29, 1.82) is 0 Å². The van der Waals surface area contributed by atoms with Gasteiger partial charge in [-0.15, -0.1) is 0 Å². The molecule has 1 amide bonds. The summed E-state index contributed by atoms with van der Waals surface area (Å²) in [6.07, 6.45) is 0. The van der Waals surface area contributed by atoms with Crippen LogP contribution in [0.5, 0.6) is 0 Å². The van der Waals surface area contributed by atoms with Crippen molar-refractivity contribution in [3.8, 4) is 0 Å². The largest absolute Gasteiger partial charge is 0.359 e. The minimum atomic E-state index is 0.00463. The Balaban J connectivity index is -0.0000000771. The van der Waals surface area contributed by atoms with Crippen LogP contribution in [0.4, 0.5) is 0 Å². The van der Waals surface area contributed by atoms with Gasteiger partial charge in [-0.3, -0.25) is 4.79 Å². The molecule has 0 aliphatic rings. The third-order valence-corrected chi connectivity index (χ3v) is 0.352. The molecule has 0 fully saturated rings. The number of carbonyl (C=O) groups is 1. The minimum Gasteiger partial charge on any atom is -0.359 e. The minimum absolute atomic E-state index is 0.00463. The standard InChI is InChI=1S/C3H7NO.2C2H6/c1-3(5)4-2;2*1-2/h1-2H3,(H,4,5);2*1-2H3. The van der Waals surface area contributed by atoms with Crippen molar-refractivity contribution in [3.63, 3.8) is 0 Å². The van der Waals surface area contributed by atoms with E-state index in [9.17, 15) is 4.79 Å². The first-order valence-electron chi connectivity index (χ1n) is 3.45. The topological polar surface area (TPSA) is 29.1 Å². The van der Waals surface area contributed by atoms with E-state index in [2.05, 4.69) is 5.32 Å². The molecule has 0 bridgehead atoms. The lowest BCUT2D eigenvalue weighted by atomic mass is 10.7. The van der Waals surface area contributed by atoms with Gasteiger partial charge in [0.2, 0.25) is 5.91 Å². The summed E-state index contributed by atoms with van der Waals surface area (Å²) in [7, 11) is 1.60. The van der Waals surface area contributed by atoms with E-state index in [1.807, 2.05) is 27.7 Å². The van der Waals surface area contributed by atoms with Gasteiger partial charge in [-0.05, 0) is 0 Å². The van der Waals surface area contributed by atoms with Crippen LogP contribution in [0, 0.1) is 0 Å². The zero-order valence-corrected chi connectivity index (χ0v) is 7.41. The molecule has 0 saturated heterocycles. The summed E-state index contributed by atoms with van der Waals surface area (Å²) in [6, 6.07) is 0. The summed E-state index contributed by atoms with van der Waals surface area (Å²) in [4.78, 5) is 9.70. The normalized spacial score (nSPS) is 5.11. The molecular formula is C7H19NO. The quantitative estimate of drug-likeness (QED) is 0.536. The third-order valence-electron chi connectivity index (χ3n) is 0.352. The Hall–Kier alpha value is -0.530. The Morgan fingerprint density at radius 1 is 1.11 bits per heavy atom. The predicted octanol–water partition coefficient (Wildman–Crippen LogP) is 1.80. The van der Waals surface area contributed by atoms with Crippen LogP contribution in [-0.2, 0) is 4.79 Å². The molecule has 0 rings (SSSR count). The summed E-state index contributed by atoms with van der Waals surface area (Å²) >= 11 is 0. The van der Waals surface area contributed by atoms with Gasteiger partial charge in [0.1, 0.15) is 0 Å². The second-order valence-corrected chi connectivity index (χ2v) is 0.806. The molecule has 0 radical (unpaired) electrons. The Kier molecular flexibility index (Phi) is 45.6. The summed E-state index contributed by atoms with van der Waals surface area (Å²) in [6.45, 7) is 9.47. The van der Waals surface area contributed by atoms with Gasteiger partial charge in [0.05, 0.1) is 0 Å². The maximum absolute atomic E-state index is 9.70. The fraction of sp³-hybridized carbons (Fsp3) is 0.857. The molecule has 0 spiro atoms. The molecule has 58 valence electrons. The highest BCUT2D eigenvalue weighted by Gasteiger charge is 1.72. The van der Waals surface area contributed by atoms with E-state index in [4.69, 9.17) is 0 Å². The van der Waals surface area contributed by atoms with E-state index in [0.29, 0.717) is 0 Å². The second-order valence-electron chi connectivity index (χ2n) is 0.806. The average molecular weight is 133 g/mol. The van der Waals surface area contributed by atoms with Gasteiger partial charge in [-0.25, -0.2) is 0 Å². The zero-order valence-electron chi connectivity index (χ0n) is 7.41. The van der Waals surface area contributed by atoms with Crippen LogP contribution in [0.1, 0.15) is 34.6 Å². The molecule has 0 heterocycles. The fourth-order valence-corrected chi connectivity index (χ4v) is 0.